The molecule has 4 fully saturated rings. The molecule has 0 aromatic carbocycles. The fourth-order valence-corrected chi connectivity index (χ4v) is 11.3. The summed E-state index contributed by atoms with van der Waals surface area (Å²) in [5.74, 6) is 0. The van der Waals surface area contributed by atoms with Crippen molar-refractivity contribution in [2.75, 3.05) is 26.2 Å². The molecule has 2 saturated carbocycles. The van der Waals surface area contributed by atoms with Crippen molar-refractivity contribution >= 4 is 58.6 Å². The second kappa shape index (κ2) is 18.9. The molecule has 10 rings (SSSR count). The number of nitrogens with one attached hydrogen (secondary N) is 2. The lowest BCUT2D eigenvalue weighted by atomic mass is 9.89. The molecular formula is C34H40N14O12P2S2. The molecular weight excluding hydrogens is 923 g/mol. The second-order valence-corrected chi connectivity index (χ2v) is 20.7. The summed E-state index contributed by atoms with van der Waals surface area (Å²) in [5.41, 5.74) is 3.35. The van der Waals surface area contributed by atoms with Gasteiger partial charge in [0, 0.05) is 85.1 Å². The van der Waals surface area contributed by atoms with Crippen LogP contribution in [0.5, 0.6) is 0 Å². The monoisotopic (exact) mass is 962 g/mol. The first kappa shape index (κ1) is 46.4. The minimum absolute atomic E-state index is 0. The van der Waals surface area contributed by atoms with Gasteiger partial charge in [-0.15, -0.1) is 0 Å². The summed E-state index contributed by atoms with van der Waals surface area (Å²) >= 11 is 0. The molecule has 0 radical (unpaired) electrons. The first-order chi connectivity index (χ1) is 30.6. The van der Waals surface area contributed by atoms with Crippen LogP contribution in [0.2, 0.25) is 0 Å². The highest BCUT2D eigenvalue weighted by Gasteiger charge is 2.55. The highest BCUT2D eigenvalue weighted by Crippen LogP contribution is 2.42. The maximum atomic E-state index is 12.4. The molecule has 26 nitrogen and oxygen atoms in total. The zero-order chi connectivity index (χ0) is 45.9. The molecule has 2 saturated heterocycles. The second-order valence-electron chi connectivity index (χ2n) is 15.0. The van der Waals surface area contributed by atoms with Crippen LogP contribution in [-0.2, 0) is 49.6 Å². The quantitative estimate of drug-likeness (QED) is 0.0773. The van der Waals surface area contributed by atoms with Crippen molar-refractivity contribution in [3.63, 3.8) is 0 Å². The Morgan fingerprint density at radius 1 is 0.719 bits per heavy atom. The van der Waals surface area contributed by atoms with Crippen LogP contribution < -0.4 is 9.79 Å². The molecule has 6 aromatic rings. The van der Waals surface area contributed by atoms with Crippen molar-refractivity contribution in [2.45, 2.75) is 60.1 Å². The fraction of sp³-hybridized carbons (Fsp3) is 0.412. The van der Waals surface area contributed by atoms with Crippen LogP contribution in [0.3, 0.4) is 0 Å². The van der Waals surface area contributed by atoms with Crippen molar-refractivity contribution in [3.05, 3.63) is 62.0 Å². The number of H-pyrrole nitrogens is 2. The molecule has 4 N–H and O–H groups in total. The van der Waals surface area contributed by atoms with Gasteiger partial charge >= 0.3 is 16.5 Å². The average molecular weight is 963 g/mol. The minimum Gasteiger partial charge on any atom is -0.565 e. The van der Waals surface area contributed by atoms with Gasteiger partial charge in [0.05, 0.1) is 59.3 Å². The van der Waals surface area contributed by atoms with E-state index >= 15 is 0 Å². The van der Waals surface area contributed by atoms with Crippen LogP contribution >= 0.6 is 16.5 Å². The molecule has 2 aliphatic heterocycles. The van der Waals surface area contributed by atoms with E-state index in [4.69, 9.17) is 29.4 Å². The lowest BCUT2D eigenvalue weighted by molar-refractivity contribution is -0.245. The van der Waals surface area contributed by atoms with Crippen LogP contribution in [0.15, 0.2) is 62.0 Å². The topological polar surface area (TPSA) is 380 Å². The number of hydrogen-bond donors (Lipinski definition) is 4. The van der Waals surface area contributed by atoms with Crippen molar-refractivity contribution in [2.24, 2.45) is 0 Å². The number of fused-ring (bicyclic) bond motifs is 2. The lowest BCUT2D eigenvalue weighted by Crippen LogP contribution is -2.64. The molecule has 6 aromatic heterocycles. The number of rotatable bonds is 12. The zero-order valence-corrected chi connectivity index (χ0v) is 36.5. The van der Waals surface area contributed by atoms with E-state index in [-0.39, 0.29) is 52.4 Å². The predicted octanol–water partition coefficient (Wildman–Crippen LogP) is 1.96. The van der Waals surface area contributed by atoms with E-state index in [1.165, 1.54) is 21.3 Å². The Balaban J connectivity index is 0.000000201. The molecule has 64 heavy (non-hydrogen) atoms. The maximum Gasteiger partial charge on any atom is 0.521 e. The van der Waals surface area contributed by atoms with Gasteiger partial charge in [0.2, 0.25) is 20.0 Å². The van der Waals surface area contributed by atoms with Crippen molar-refractivity contribution in [1.29, 1.82) is 10.5 Å². The number of aromatic nitrogens is 10. The molecule has 4 aliphatic rings. The van der Waals surface area contributed by atoms with Gasteiger partial charge in [-0.3, -0.25) is 9.36 Å². The highest BCUT2D eigenvalue weighted by molar-refractivity contribution is 7.90. The van der Waals surface area contributed by atoms with Crippen LogP contribution in [0, 0.1) is 22.7 Å². The molecule has 0 bridgehead atoms. The van der Waals surface area contributed by atoms with Gasteiger partial charge in [-0.05, 0) is 46.9 Å². The summed E-state index contributed by atoms with van der Waals surface area (Å²) in [7, 11) is -12.6. The number of hydrogen-bond acceptors (Lipinski definition) is 20. The molecule has 8 heterocycles. The Bertz CT molecular complexity index is 2790. The number of nitriles is 2. The standard InChI is InChI=1S/2C17H17N7O2S.2HO4P.2H2/c2*18-5-4-17(9-23(10-17)27(25,26)13-1-2-13)24-8-12(7-22-24)15-14-3-6-19-16(14)21-11-20-15;2*1-4-5(2)3;;/h2*3,6-8,11,13H,1-2,4,9-10H2,(H,19,20,21);2*1H;2*1H. The van der Waals surface area contributed by atoms with Crippen molar-refractivity contribution in [3.8, 4) is 34.7 Å². The van der Waals surface area contributed by atoms with Gasteiger partial charge < -0.3 is 19.8 Å². The molecule has 2 unspecified atom stereocenters. The Kier molecular flexibility index (Phi) is 13.7. The number of aromatic amines is 2. The van der Waals surface area contributed by atoms with E-state index < -0.39 is 47.6 Å². The predicted molar refractivity (Wildman–Crippen MR) is 221 cm³/mol. The Hall–Kier alpha value is -5.58. The zero-order valence-electron chi connectivity index (χ0n) is 33.1. The van der Waals surface area contributed by atoms with Gasteiger partial charge in [0.1, 0.15) is 35.0 Å². The summed E-state index contributed by atoms with van der Waals surface area (Å²) < 4.78 is 79.4. The first-order valence-corrected chi connectivity index (χ1v) is 24.1. The lowest BCUT2D eigenvalue weighted by Gasteiger charge is -2.48. The molecule has 0 spiro atoms. The van der Waals surface area contributed by atoms with E-state index in [1.54, 1.807) is 34.2 Å². The summed E-state index contributed by atoms with van der Waals surface area (Å²) in [4.78, 5) is 41.1. The fourth-order valence-electron chi connectivity index (χ4n) is 7.32. The average Bonchev–Trinajstić information content (AvgIpc) is 4.04. The van der Waals surface area contributed by atoms with Gasteiger partial charge in [-0.2, -0.15) is 29.3 Å². The van der Waals surface area contributed by atoms with Gasteiger partial charge in [0.15, 0.2) is 0 Å². The van der Waals surface area contributed by atoms with E-state index in [0.717, 1.165) is 70.3 Å². The van der Waals surface area contributed by atoms with Gasteiger partial charge in [-0.1, -0.05) is 0 Å². The van der Waals surface area contributed by atoms with Crippen LogP contribution in [0.1, 0.15) is 41.4 Å². The smallest absolute Gasteiger partial charge is 0.521 e. The minimum atomic E-state index is -3.23. The summed E-state index contributed by atoms with van der Waals surface area (Å²) in [6.07, 6.45) is 17.0. The first-order valence-electron chi connectivity index (χ1n) is 18.9. The van der Waals surface area contributed by atoms with Crippen LogP contribution in [0.25, 0.3) is 44.6 Å². The molecule has 30 heteroatoms. The molecule has 0 amide bonds. The molecule has 2 atom stereocenters. The maximum absolute atomic E-state index is 12.4. The SMILES string of the molecule is N#CCC1(n2cc(-c3ncnc4[nH]ccc34)cn2)CN(S(=O)(=O)C2CC2)C1.N#CCC1(n2cc(-c3ncnc4[nH]ccc34)cn2)CN(S(=O)(=O)C2CC2)C1.O=[P+]([O-])OO.O=[P+]([O-])OO.[HH].[HH]. The van der Waals surface area contributed by atoms with Crippen molar-refractivity contribution in [1.82, 2.24) is 58.1 Å². The largest absolute Gasteiger partial charge is 0.565 e. The summed E-state index contributed by atoms with van der Waals surface area (Å²) in [6.45, 7) is 1.13. The van der Waals surface area contributed by atoms with E-state index in [0.29, 0.717) is 0 Å². The normalized spacial score (nSPS) is 18.3. The van der Waals surface area contributed by atoms with E-state index in [2.05, 4.69) is 61.6 Å². The van der Waals surface area contributed by atoms with Crippen LogP contribution in [-0.4, -0.2) is 122 Å². The third-order valence-electron chi connectivity index (χ3n) is 10.8. The molecule has 340 valence electrons. The third kappa shape index (κ3) is 9.59. The summed E-state index contributed by atoms with van der Waals surface area (Å²) in [6, 6.07) is 8.18. The van der Waals surface area contributed by atoms with Crippen LogP contribution in [0.4, 0.5) is 0 Å². The number of sulfonamides is 2. The van der Waals surface area contributed by atoms with Crippen molar-refractivity contribution < 1.29 is 58.5 Å². The van der Waals surface area contributed by atoms with Gasteiger partial charge in [-0.25, -0.2) is 47.3 Å². The van der Waals surface area contributed by atoms with E-state index in [9.17, 15) is 27.4 Å². The number of nitrogens with zero attached hydrogens (tertiary/aromatic N) is 12. The Morgan fingerprint density at radius 2 is 1.08 bits per heavy atom. The Morgan fingerprint density at radius 3 is 1.39 bits per heavy atom. The third-order valence-corrected chi connectivity index (χ3v) is 15.7. The Labute approximate surface area is 367 Å². The summed E-state index contributed by atoms with van der Waals surface area (Å²) in [5, 5.41) is 42.9. The van der Waals surface area contributed by atoms with E-state index in [1.807, 2.05) is 24.5 Å². The highest BCUT2D eigenvalue weighted by atomic mass is 32.2. The molecule has 2 aliphatic carbocycles. The van der Waals surface area contributed by atoms with Gasteiger partial charge in [0.25, 0.3) is 0 Å².